The second kappa shape index (κ2) is 3.61. The molecule has 0 N–H and O–H groups in total. The predicted molar refractivity (Wildman–Crippen MR) is 61.9 cm³/mol. The van der Waals surface area contributed by atoms with Crippen molar-refractivity contribution in [2.75, 3.05) is 0 Å². The fourth-order valence-electron chi connectivity index (χ4n) is 4.17. The molecule has 0 radical (unpaired) electrons. The molecule has 3 aliphatic rings. The van der Waals surface area contributed by atoms with E-state index in [0.717, 1.165) is 18.8 Å². The minimum Gasteiger partial charge on any atom is -0.455 e. The first-order valence-corrected chi connectivity index (χ1v) is 6.62. The van der Waals surface area contributed by atoms with E-state index < -0.39 is 0 Å². The minimum atomic E-state index is -0.141. The molecule has 1 spiro atoms. The number of ether oxygens (including phenoxy) is 1. The van der Waals surface area contributed by atoms with Gasteiger partial charge < -0.3 is 4.74 Å². The zero-order chi connectivity index (χ0) is 11.2. The van der Waals surface area contributed by atoms with E-state index in [1.54, 1.807) is 0 Å². The monoisotopic (exact) mass is 220 g/mol. The first-order valence-electron chi connectivity index (χ1n) is 6.62. The molecule has 0 bridgehead atoms. The normalized spacial score (nSPS) is 43.2. The van der Waals surface area contributed by atoms with E-state index in [-0.39, 0.29) is 11.6 Å². The summed E-state index contributed by atoms with van der Waals surface area (Å²) in [4.78, 5) is 11.6. The van der Waals surface area contributed by atoms with E-state index in [1.165, 1.54) is 38.5 Å². The van der Waals surface area contributed by atoms with Crippen LogP contribution >= 0.6 is 0 Å². The molecule has 3 rings (SSSR count). The largest absolute Gasteiger partial charge is 0.455 e. The topological polar surface area (TPSA) is 26.3 Å². The van der Waals surface area contributed by atoms with Crippen LogP contribution in [0.3, 0.4) is 0 Å². The van der Waals surface area contributed by atoms with Crippen molar-refractivity contribution in [3.63, 3.8) is 0 Å². The van der Waals surface area contributed by atoms with Crippen molar-refractivity contribution < 1.29 is 9.53 Å². The lowest BCUT2D eigenvalue weighted by atomic mass is 9.62. The summed E-state index contributed by atoms with van der Waals surface area (Å²) in [7, 11) is 0. The van der Waals surface area contributed by atoms with E-state index in [9.17, 15) is 4.79 Å². The molecule has 0 unspecified atom stereocenters. The Balaban J connectivity index is 1.88. The van der Waals surface area contributed by atoms with Gasteiger partial charge in [-0.2, -0.15) is 0 Å². The maximum absolute atomic E-state index is 11.6. The Bertz CT molecular complexity index is 314. The fourth-order valence-corrected chi connectivity index (χ4v) is 4.17. The quantitative estimate of drug-likeness (QED) is 0.463. The average molecular weight is 220 g/mol. The SMILES string of the molecule is C=C1C[C@]2(CCC[C@@H]3CCCC[C@@H]32)OC1=O. The molecule has 0 aromatic heterocycles. The van der Waals surface area contributed by atoms with Gasteiger partial charge in [-0.1, -0.05) is 25.8 Å². The molecule has 1 heterocycles. The van der Waals surface area contributed by atoms with Crippen molar-refractivity contribution in [1.29, 1.82) is 0 Å². The molecular weight excluding hydrogens is 200 g/mol. The summed E-state index contributed by atoms with van der Waals surface area (Å²) in [5.41, 5.74) is 0.559. The van der Waals surface area contributed by atoms with Crippen LogP contribution in [0.15, 0.2) is 12.2 Å². The Hall–Kier alpha value is -0.790. The van der Waals surface area contributed by atoms with Gasteiger partial charge in [0, 0.05) is 17.9 Å². The Morgan fingerprint density at radius 2 is 1.94 bits per heavy atom. The van der Waals surface area contributed by atoms with Crippen molar-refractivity contribution in [2.24, 2.45) is 11.8 Å². The van der Waals surface area contributed by atoms with E-state index in [1.807, 2.05) is 0 Å². The number of hydrogen-bond acceptors (Lipinski definition) is 2. The van der Waals surface area contributed by atoms with E-state index >= 15 is 0 Å². The maximum Gasteiger partial charge on any atom is 0.334 e. The molecule has 1 aliphatic heterocycles. The molecule has 88 valence electrons. The average Bonchev–Trinajstić information content (AvgIpc) is 2.56. The van der Waals surface area contributed by atoms with Crippen LogP contribution in [0.1, 0.15) is 51.4 Å². The molecule has 1 saturated heterocycles. The van der Waals surface area contributed by atoms with Gasteiger partial charge in [-0.3, -0.25) is 0 Å². The second-order valence-corrected chi connectivity index (χ2v) is 5.78. The predicted octanol–water partition coefficient (Wildman–Crippen LogP) is 3.22. The molecule has 3 fully saturated rings. The zero-order valence-corrected chi connectivity index (χ0v) is 9.84. The van der Waals surface area contributed by atoms with Crippen LogP contribution in [0, 0.1) is 11.8 Å². The smallest absolute Gasteiger partial charge is 0.334 e. The zero-order valence-electron chi connectivity index (χ0n) is 9.84. The van der Waals surface area contributed by atoms with Gasteiger partial charge in [-0.05, 0) is 31.6 Å². The molecule has 2 nitrogen and oxygen atoms in total. The summed E-state index contributed by atoms with van der Waals surface area (Å²) >= 11 is 0. The summed E-state index contributed by atoms with van der Waals surface area (Å²) in [6.07, 6.45) is 9.71. The number of fused-ring (bicyclic) bond motifs is 2. The van der Waals surface area contributed by atoms with E-state index in [2.05, 4.69) is 6.58 Å². The van der Waals surface area contributed by atoms with Crippen molar-refractivity contribution in [2.45, 2.75) is 57.0 Å². The third kappa shape index (κ3) is 1.42. The van der Waals surface area contributed by atoms with Gasteiger partial charge in [-0.25, -0.2) is 4.79 Å². The molecule has 2 heteroatoms. The summed E-state index contributed by atoms with van der Waals surface area (Å²) in [5, 5.41) is 0. The molecule has 2 saturated carbocycles. The Morgan fingerprint density at radius 1 is 1.19 bits per heavy atom. The number of esters is 1. The van der Waals surface area contributed by atoms with E-state index in [4.69, 9.17) is 4.74 Å². The Morgan fingerprint density at radius 3 is 2.69 bits per heavy atom. The van der Waals surface area contributed by atoms with Gasteiger partial charge in [0.05, 0.1) is 0 Å². The summed E-state index contributed by atoms with van der Waals surface area (Å²) in [6, 6.07) is 0. The minimum absolute atomic E-state index is 0.133. The van der Waals surface area contributed by atoms with Gasteiger partial charge in [0.25, 0.3) is 0 Å². The first kappa shape index (κ1) is 10.4. The molecule has 0 aromatic carbocycles. The van der Waals surface area contributed by atoms with Crippen LogP contribution in [0.4, 0.5) is 0 Å². The van der Waals surface area contributed by atoms with Gasteiger partial charge in [0.2, 0.25) is 0 Å². The number of hydrogen-bond donors (Lipinski definition) is 0. The molecule has 16 heavy (non-hydrogen) atoms. The van der Waals surface area contributed by atoms with Crippen LogP contribution in [0.2, 0.25) is 0 Å². The summed E-state index contributed by atoms with van der Waals surface area (Å²) < 4.78 is 5.73. The van der Waals surface area contributed by atoms with Gasteiger partial charge in [-0.15, -0.1) is 0 Å². The van der Waals surface area contributed by atoms with Crippen LogP contribution in [0.25, 0.3) is 0 Å². The molecule has 0 aromatic rings. The van der Waals surface area contributed by atoms with Gasteiger partial charge in [0.1, 0.15) is 5.60 Å². The van der Waals surface area contributed by atoms with Crippen molar-refractivity contribution in [3.8, 4) is 0 Å². The van der Waals surface area contributed by atoms with E-state index in [0.29, 0.717) is 11.5 Å². The van der Waals surface area contributed by atoms with Crippen molar-refractivity contribution in [3.05, 3.63) is 12.2 Å². The van der Waals surface area contributed by atoms with Crippen LogP contribution in [-0.4, -0.2) is 11.6 Å². The van der Waals surface area contributed by atoms with Crippen LogP contribution in [0.5, 0.6) is 0 Å². The van der Waals surface area contributed by atoms with Crippen LogP contribution < -0.4 is 0 Å². The molecule has 3 atom stereocenters. The Labute approximate surface area is 97.1 Å². The first-order chi connectivity index (χ1) is 7.71. The lowest BCUT2D eigenvalue weighted by molar-refractivity contribution is -0.160. The third-order valence-corrected chi connectivity index (χ3v) is 4.86. The highest BCUT2D eigenvalue weighted by Gasteiger charge is 2.53. The van der Waals surface area contributed by atoms with Crippen LogP contribution in [-0.2, 0) is 9.53 Å². The summed E-state index contributed by atoms with van der Waals surface area (Å²) in [5.74, 6) is 1.30. The third-order valence-electron chi connectivity index (χ3n) is 4.86. The number of carbonyl (C=O) groups excluding carboxylic acids is 1. The lowest BCUT2D eigenvalue weighted by Crippen LogP contribution is -2.46. The standard InChI is InChI=1S/C14H20O2/c1-10-9-14(16-13(10)15)8-4-6-11-5-2-3-7-12(11)14/h11-12H,1-9H2/t11-,12-,14-/m0/s1. The highest BCUT2D eigenvalue weighted by molar-refractivity contribution is 5.90. The maximum atomic E-state index is 11.6. The highest BCUT2D eigenvalue weighted by Crippen LogP contribution is 2.52. The number of rotatable bonds is 0. The Kier molecular flexibility index (Phi) is 2.34. The van der Waals surface area contributed by atoms with Gasteiger partial charge in [0.15, 0.2) is 0 Å². The number of carbonyl (C=O) groups is 1. The molecule has 0 amide bonds. The second-order valence-electron chi connectivity index (χ2n) is 5.78. The fraction of sp³-hybridized carbons (Fsp3) is 0.786. The lowest BCUT2D eigenvalue weighted by Gasteiger charge is -2.47. The van der Waals surface area contributed by atoms with Gasteiger partial charge >= 0.3 is 5.97 Å². The van der Waals surface area contributed by atoms with Crippen molar-refractivity contribution >= 4 is 5.97 Å². The molecule has 2 aliphatic carbocycles. The molecular formula is C14H20O2. The highest BCUT2D eigenvalue weighted by atomic mass is 16.6. The van der Waals surface area contributed by atoms with Crippen molar-refractivity contribution in [1.82, 2.24) is 0 Å². The summed E-state index contributed by atoms with van der Waals surface area (Å²) in [6.45, 7) is 3.85.